The van der Waals surface area contributed by atoms with Crippen LogP contribution < -0.4 is 0 Å². The second-order valence-electron chi connectivity index (χ2n) is 0. The Balaban J connectivity index is -0.00000000167. The smallest absolute Gasteiger partial charge is 0 e. The Labute approximate surface area is 113 Å². The average molecular weight is 335 g/mol. The topological polar surface area (TPSA) is 0 Å². The zero-order valence-corrected chi connectivity index (χ0v) is 9.90. The van der Waals surface area contributed by atoms with Gasteiger partial charge in [-0.15, -0.1) is 0 Å². The molecule has 3 heteroatoms. The van der Waals surface area contributed by atoms with Crippen molar-refractivity contribution < 1.29 is 40.0 Å². The van der Waals surface area contributed by atoms with Crippen LogP contribution in [0.5, 0.6) is 0 Å². The molecule has 75 valence electrons. The minimum absolute atomic E-state index is 0. The first-order valence-corrected chi connectivity index (χ1v) is 2.87. The number of hydrogen-bond donors (Lipinski definition) is 0. The van der Waals surface area contributed by atoms with Crippen LogP contribution in [0.15, 0.2) is 0 Å². The van der Waals surface area contributed by atoms with Crippen LogP contribution in [0.25, 0.3) is 0 Å². The molecule has 0 N–H and O–H groups in total. The monoisotopic (exact) mass is 335 g/mol. The van der Waals surface area contributed by atoms with E-state index in [2.05, 4.69) is 18.1 Å². The summed E-state index contributed by atoms with van der Waals surface area (Å²) < 4.78 is 0. The molecule has 0 saturated carbocycles. The zero-order valence-electron chi connectivity index (χ0n) is 5.95. The normalized spacial score (nSPS) is 1.60. The molecule has 0 spiro atoms. The molecular weight excluding hydrogens is 307 g/mol. The fourth-order valence-electron chi connectivity index (χ4n) is 0. The predicted octanol–water partition coefficient (Wildman–Crippen LogP) is 4.30. The molecular formula is C7H26S2Tb. The van der Waals surface area contributed by atoms with E-state index in [1.54, 1.807) is 0 Å². The maximum Gasteiger partial charge on any atom is 0 e. The van der Waals surface area contributed by atoms with Gasteiger partial charge < -0.3 is 0 Å². The fourth-order valence-corrected chi connectivity index (χ4v) is 0. The zero-order chi connectivity index (χ0) is 6.00. The van der Waals surface area contributed by atoms with Gasteiger partial charge in [0.1, 0.15) is 0 Å². The molecule has 0 bridgehead atoms. The maximum absolute atomic E-state index is 3.83. The molecule has 0 saturated heterocycles. The summed E-state index contributed by atoms with van der Waals surface area (Å²) in [6.07, 6.45) is 0. The van der Waals surface area contributed by atoms with Crippen molar-refractivity contribution in [1.82, 2.24) is 0 Å². The third-order valence-electron chi connectivity index (χ3n) is 0. The fraction of sp³-hybridized carbons (Fsp3) is 0.857. The summed E-state index contributed by atoms with van der Waals surface area (Å²) in [4.78, 5) is 0. The van der Waals surface area contributed by atoms with Crippen LogP contribution in [-0.2, 0) is 0 Å². The van der Waals surface area contributed by atoms with Crippen LogP contribution in [0.3, 0.4) is 0 Å². The summed E-state index contributed by atoms with van der Waals surface area (Å²) in [6, 6.07) is 0. The second-order valence-corrected chi connectivity index (χ2v) is 0. The molecule has 0 aliphatic rings. The van der Waals surface area contributed by atoms with E-state index in [9.17, 15) is 0 Å². The SMILES string of the molecule is C.C.C=S.CC.CC.S.[3HH].[Tb]. The third-order valence-corrected chi connectivity index (χ3v) is 0. The molecule has 0 atom stereocenters. The van der Waals surface area contributed by atoms with E-state index < -0.39 is 0 Å². The maximum atomic E-state index is 3.83. The third kappa shape index (κ3) is 249. The van der Waals surface area contributed by atoms with Gasteiger partial charge in [0.2, 0.25) is 0 Å². The van der Waals surface area contributed by atoms with E-state index >= 15 is 0 Å². The Morgan fingerprint density at radius 3 is 0.900 bits per heavy atom. The van der Waals surface area contributed by atoms with Gasteiger partial charge in [-0.05, 0) is 5.87 Å². The van der Waals surface area contributed by atoms with Crippen molar-refractivity contribution in [3.8, 4) is 0 Å². The molecule has 0 nitrogen and oxygen atoms in total. The molecule has 0 rings (SSSR count). The van der Waals surface area contributed by atoms with Gasteiger partial charge in [0.25, 0.3) is 0 Å². The van der Waals surface area contributed by atoms with Crippen LogP contribution in [-0.4, -0.2) is 5.87 Å². The van der Waals surface area contributed by atoms with Crippen LogP contribution in [0.4, 0.5) is 0 Å². The van der Waals surface area contributed by atoms with Gasteiger partial charge in [-0.2, -0.15) is 13.5 Å². The minimum atomic E-state index is 0. The van der Waals surface area contributed by atoms with Crippen LogP contribution >= 0.6 is 25.7 Å². The first-order valence-electron chi connectivity index (χ1n) is 2.29. The summed E-state index contributed by atoms with van der Waals surface area (Å²) in [5, 5.41) is 0. The summed E-state index contributed by atoms with van der Waals surface area (Å²) >= 11 is 3.83. The van der Waals surface area contributed by atoms with Gasteiger partial charge in [-0.3, -0.25) is 0 Å². The molecule has 0 amide bonds. The molecule has 0 aromatic rings. The van der Waals surface area contributed by atoms with Crippen molar-refractivity contribution in [2.75, 3.05) is 0 Å². The van der Waals surface area contributed by atoms with Crippen LogP contribution in [0.2, 0.25) is 0 Å². The Morgan fingerprint density at radius 1 is 0.900 bits per heavy atom. The van der Waals surface area contributed by atoms with Gasteiger partial charge in [0, 0.05) is 40.0 Å². The van der Waals surface area contributed by atoms with Crippen molar-refractivity contribution >= 4 is 31.6 Å². The van der Waals surface area contributed by atoms with Gasteiger partial charge in [0.05, 0.1) is 0 Å². The minimum Gasteiger partial charge on any atom is -0.197 e. The van der Waals surface area contributed by atoms with Gasteiger partial charge in [0.15, 0.2) is 0 Å². The first kappa shape index (κ1) is 60.4. The van der Waals surface area contributed by atoms with Crippen LogP contribution in [0, 0.1) is 38.6 Å². The molecule has 10 heavy (non-hydrogen) atoms. The standard InChI is InChI=1S/2C2H6.CH2S.2CH4.H2S.Tb.H2/c3*1-2;;;;;/h2*1-2H3;1H2;2*1H4;1H2;;1H/i;;;;;;;1+2. The Morgan fingerprint density at radius 2 is 0.900 bits per heavy atom. The van der Waals surface area contributed by atoms with E-state index in [-0.39, 0.29) is 68.4 Å². The summed E-state index contributed by atoms with van der Waals surface area (Å²) in [5.74, 6) is 2.83. The van der Waals surface area contributed by atoms with Crippen molar-refractivity contribution in [1.29, 1.82) is 0 Å². The van der Waals surface area contributed by atoms with Crippen molar-refractivity contribution in [3.63, 3.8) is 0 Å². The summed E-state index contributed by atoms with van der Waals surface area (Å²) in [7, 11) is 0. The Kier molecular flexibility index (Phi) is 2060. The second kappa shape index (κ2) is 341. The Bertz CT molecular complexity index is 16.4. The molecule has 0 unspecified atom stereocenters. The molecule has 0 aliphatic carbocycles. The van der Waals surface area contributed by atoms with Crippen LogP contribution in [0.1, 0.15) is 44.0 Å². The average Bonchev–Trinajstić information content (AvgIpc) is 1.81. The molecule has 0 heterocycles. The van der Waals surface area contributed by atoms with Gasteiger partial charge in [-0.1, -0.05) is 54.8 Å². The molecule has 1 radical (unpaired) electrons. The summed E-state index contributed by atoms with van der Waals surface area (Å²) in [6.45, 7) is 8.00. The van der Waals surface area contributed by atoms with E-state index in [0.717, 1.165) is 0 Å². The van der Waals surface area contributed by atoms with E-state index in [1.165, 1.54) is 0 Å². The van der Waals surface area contributed by atoms with Crippen molar-refractivity contribution in [2.24, 2.45) is 0 Å². The predicted molar refractivity (Wildman–Crippen MR) is 63.4 cm³/mol. The molecule has 0 aliphatic heterocycles. The van der Waals surface area contributed by atoms with Gasteiger partial charge in [-0.25, -0.2) is 0 Å². The number of rotatable bonds is 0. The quantitative estimate of drug-likeness (QED) is 0.595. The molecule has 0 aromatic heterocycles. The number of hydrogen-bond acceptors (Lipinski definition) is 1. The Hall–Kier alpha value is 1.73. The molecule has 0 fully saturated rings. The molecule has 0 aromatic carbocycles. The van der Waals surface area contributed by atoms with Crippen molar-refractivity contribution in [2.45, 2.75) is 42.5 Å². The summed E-state index contributed by atoms with van der Waals surface area (Å²) in [5.41, 5.74) is 0. The largest absolute Gasteiger partial charge is 0.197 e. The van der Waals surface area contributed by atoms with Crippen molar-refractivity contribution in [3.05, 3.63) is 0 Å². The number of thiocarbonyl (C=S) groups is 1. The van der Waals surface area contributed by atoms with E-state index in [0.29, 0.717) is 0 Å². The van der Waals surface area contributed by atoms with E-state index in [4.69, 9.17) is 0 Å². The van der Waals surface area contributed by atoms with Gasteiger partial charge >= 0.3 is 0 Å². The van der Waals surface area contributed by atoms with E-state index in [1.807, 2.05) is 27.7 Å². The first-order chi connectivity index (χ1) is 3.00.